The van der Waals surface area contributed by atoms with Gasteiger partial charge >= 0.3 is 0 Å². The predicted octanol–water partition coefficient (Wildman–Crippen LogP) is 8.43. The highest BCUT2D eigenvalue weighted by molar-refractivity contribution is 6.02. The molecule has 4 saturated carbocycles. The first-order valence-corrected chi connectivity index (χ1v) is 13.7. The van der Waals surface area contributed by atoms with Crippen molar-refractivity contribution in [1.29, 1.82) is 0 Å². The lowest BCUT2D eigenvalue weighted by Crippen LogP contribution is -2.65. The van der Waals surface area contributed by atoms with Crippen molar-refractivity contribution in [2.75, 3.05) is 0 Å². The second-order valence-corrected chi connectivity index (χ2v) is 15.2. The quantitative estimate of drug-likeness (QED) is 0.227. The summed E-state index contributed by atoms with van der Waals surface area (Å²) < 4.78 is 0. The van der Waals surface area contributed by atoms with Crippen LogP contribution in [-0.4, -0.2) is 10.9 Å². The van der Waals surface area contributed by atoms with Gasteiger partial charge in [-0.15, -0.1) is 0 Å². The third-order valence-electron chi connectivity index (χ3n) is 12.9. The number of rotatable bonds is 0. The van der Waals surface area contributed by atoms with Crippen LogP contribution >= 0.6 is 0 Å². The number of Topliss-reactive ketones (excluding diaryl/α,β-unsaturated/α-hetero) is 1. The molecule has 5 rings (SSSR count). The number of hydrogen-bond donors (Lipinski definition) is 1. The molecule has 2 nitrogen and oxygen atoms in total. The average Bonchev–Trinajstić information content (AvgIpc) is 2.74. The summed E-state index contributed by atoms with van der Waals surface area (Å²) in [7, 11) is 0. The molecular formula is C31H48O2. The Morgan fingerprint density at radius 3 is 2.12 bits per heavy atom. The average molecular weight is 453 g/mol. The zero-order valence-electron chi connectivity index (χ0n) is 22.6. The number of aliphatic hydroxyl groups excluding tert-OH is 1. The standard InChI is InChI=1S/C31H48O2/c1-26(2)11-12-28(5)13-15-30(7)23-10-9-21-22(17-20(19-32)25(33)27(21,3)4)29(23,6)14-16-31(30,8)24(28)18-26/h9,19,22-24,32H,10-18H2,1-8H3/b20-19-/t22-,23+,24-,28-,29+,30-,31+/m1/s1. The van der Waals surface area contributed by atoms with E-state index in [-0.39, 0.29) is 11.2 Å². The Kier molecular flexibility index (Phi) is 4.87. The summed E-state index contributed by atoms with van der Waals surface area (Å²) in [5.74, 6) is 1.95. The van der Waals surface area contributed by atoms with Crippen LogP contribution < -0.4 is 0 Å². The molecule has 2 heteroatoms. The van der Waals surface area contributed by atoms with E-state index >= 15 is 0 Å². The fourth-order valence-electron chi connectivity index (χ4n) is 10.4. The van der Waals surface area contributed by atoms with Crippen LogP contribution in [0.15, 0.2) is 23.5 Å². The predicted molar refractivity (Wildman–Crippen MR) is 136 cm³/mol. The molecule has 0 bridgehead atoms. The van der Waals surface area contributed by atoms with Gasteiger partial charge in [0.2, 0.25) is 0 Å². The zero-order chi connectivity index (χ0) is 24.2. The number of allylic oxidation sites excluding steroid dienone is 3. The molecule has 1 N–H and O–H groups in total. The first-order valence-electron chi connectivity index (χ1n) is 13.7. The van der Waals surface area contributed by atoms with Gasteiger partial charge in [0.05, 0.1) is 6.26 Å². The van der Waals surface area contributed by atoms with Gasteiger partial charge in [-0.05, 0) is 116 Å². The summed E-state index contributed by atoms with van der Waals surface area (Å²) in [6.45, 7) is 19.7. The fourth-order valence-corrected chi connectivity index (χ4v) is 10.4. The minimum atomic E-state index is -0.494. The molecule has 0 aliphatic heterocycles. The minimum absolute atomic E-state index is 0.124. The van der Waals surface area contributed by atoms with Gasteiger partial charge in [-0.1, -0.05) is 53.2 Å². The third-order valence-corrected chi connectivity index (χ3v) is 12.9. The maximum absolute atomic E-state index is 13.1. The van der Waals surface area contributed by atoms with Crippen molar-refractivity contribution in [2.45, 2.75) is 113 Å². The second-order valence-electron chi connectivity index (χ2n) is 15.2. The molecule has 0 aromatic heterocycles. The zero-order valence-corrected chi connectivity index (χ0v) is 22.6. The topological polar surface area (TPSA) is 37.3 Å². The number of fused-ring (bicyclic) bond motifs is 7. The number of aliphatic hydroxyl groups is 1. The largest absolute Gasteiger partial charge is 0.515 e. The van der Waals surface area contributed by atoms with E-state index < -0.39 is 5.41 Å². The summed E-state index contributed by atoms with van der Waals surface area (Å²) in [5.41, 5.74) is 3.38. The summed E-state index contributed by atoms with van der Waals surface area (Å²) in [6.07, 6.45) is 14.9. The molecule has 0 unspecified atom stereocenters. The van der Waals surface area contributed by atoms with Crippen LogP contribution in [0.25, 0.3) is 0 Å². The molecule has 184 valence electrons. The van der Waals surface area contributed by atoms with E-state index in [1.165, 1.54) is 50.5 Å². The van der Waals surface area contributed by atoms with Crippen LogP contribution in [-0.2, 0) is 4.79 Å². The van der Waals surface area contributed by atoms with Crippen molar-refractivity contribution in [2.24, 2.45) is 50.2 Å². The molecule has 5 aliphatic rings. The van der Waals surface area contributed by atoms with Gasteiger partial charge in [0.1, 0.15) is 0 Å². The number of hydrogen-bond acceptors (Lipinski definition) is 2. The van der Waals surface area contributed by atoms with Crippen molar-refractivity contribution in [3.63, 3.8) is 0 Å². The summed E-state index contributed by atoms with van der Waals surface area (Å²) in [4.78, 5) is 13.1. The van der Waals surface area contributed by atoms with E-state index in [0.717, 1.165) is 25.0 Å². The van der Waals surface area contributed by atoms with Crippen molar-refractivity contribution in [3.8, 4) is 0 Å². The van der Waals surface area contributed by atoms with Gasteiger partial charge in [0.15, 0.2) is 5.78 Å². The van der Waals surface area contributed by atoms with Crippen LogP contribution in [0.1, 0.15) is 113 Å². The van der Waals surface area contributed by atoms with Gasteiger partial charge < -0.3 is 5.11 Å². The van der Waals surface area contributed by atoms with Crippen LogP contribution in [0.3, 0.4) is 0 Å². The number of carbonyl (C=O) groups excluding carboxylic acids is 1. The summed E-state index contributed by atoms with van der Waals surface area (Å²) in [6, 6.07) is 0. The van der Waals surface area contributed by atoms with Gasteiger partial charge in [-0.3, -0.25) is 4.79 Å². The van der Waals surface area contributed by atoms with Crippen molar-refractivity contribution in [3.05, 3.63) is 23.5 Å². The first kappa shape index (κ1) is 23.7. The molecule has 0 spiro atoms. The minimum Gasteiger partial charge on any atom is -0.515 e. The lowest BCUT2D eigenvalue weighted by atomic mass is 9.31. The lowest BCUT2D eigenvalue weighted by Gasteiger charge is -2.73. The fraction of sp³-hybridized carbons (Fsp3) is 0.839. The second kappa shape index (κ2) is 6.79. The highest BCUT2D eigenvalue weighted by atomic mass is 16.2. The first-order chi connectivity index (χ1) is 15.1. The van der Waals surface area contributed by atoms with Crippen molar-refractivity contribution in [1.82, 2.24) is 0 Å². The highest BCUT2D eigenvalue weighted by Crippen LogP contribution is 2.77. The molecule has 7 atom stereocenters. The van der Waals surface area contributed by atoms with E-state index in [9.17, 15) is 9.90 Å². The molecule has 4 fully saturated rings. The molecule has 33 heavy (non-hydrogen) atoms. The number of ketones is 1. The van der Waals surface area contributed by atoms with E-state index in [1.54, 1.807) is 0 Å². The van der Waals surface area contributed by atoms with Crippen molar-refractivity contribution >= 4 is 5.78 Å². The van der Waals surface area contributed by atoms with E-state index in [2.05, 4.69) is 61.5 Å². The molecule has 0 saturated heterocycles. The van der Waals surface area contributed by atoms with Crippen LogP contribution in [0.4, 0.5) is 0 Å². The van der Waals surface area contributed by atoms with Crippen molar-refractivity contribution < 1.29 is 9.90 Å². The van der Waals surface area contributed by atoms with E-state index in [1.807, 2.05) is 0 Å². The normalized spacial score (nSPS) is 51.6. The summed E-state index contributed by atoms with van der Waals surface area (Å²) >= 11 is 0. The molecule has 5 aliphatic carbocycles. The molecule has 0 aromatic rings. The van der Waals surface area contributed by atoms with Gasteiger partial charge in [-0.25, -0.2) is 0 Å². The Bertz CT molecular complexity index is 937. The Balaban J connectivity index is 1.59. The smallest absolute Gasteiger partial charge is 0.171 e. The maximum atomic E-state index is 13.1. The Hall–Kier alpha value is -1.05. The van der Waals surface area contributed by atoms with Gasteiger partial charge in [-0.2, -0.15) is 0 Å². The van der Waals surface area contributed by atoms with Crippen LogP contribution in [0, 0.1) is 50.2 Å². The maximum Gasteiger partial charge on any atom is 0.171 e. The molecule has 0 heterocycles. The third kappa shape index (κ3) is 2.88. The monoisotopic (exact) mass is 452 g/mol. The lowest BCUT2D eigenvalue weighted by molar-refractivity contribution is -0.228. The summed E-state index contributed by atoms with van der Waals surface area (Å²) in [5, 5.41) is 9.95. The molecule has 0 aromatic carbocycles. The molecule has 0 amide bonds. The van der Waals surface area contributed by atoms with Gasteiger partial charge in [0.25, 0.3) is 0 Å². The molecule has 0 radical (unpaired) electrons. The SMILES string of the molecule is CC1(C)CC[C@]2(C)CC[C@]3(C)[C@H]4CC=C5[C@@H](C/C(=C/O)C(=O)C5(C)C)[C@]4(C)CC[C@@]3(C)[C@@H]2C1. The van der Waals surface area contributed by atoms with E-state index in [4.69, 9.17) is 0 Å². The Morgan fingerprint density at radius 2 is 1.45 bits per heavy atom. The van der Waals surface area contributed by atoms with Crippen LogP contribution in [0.5, 0.6) is 0 Å². The molecular weight excluding hydrogens is 404 g/mol. The number of carbonyl (C=O) groups is 1. The van der Waals surface area contributed by atoms with Gasteiger partial charge in [0, 0.05) is 11.0 Å². The Morgan fingerprint density at radius 1 is 0.848 bits per heavy atom. The Labute approximate surface area is 202 Å². The highest BCUT2D eigenvalue weighted by Gasteiger charge is 2.69. The van der Waals surface area contributed by atoms with Crippen LogP contribution in [0.2, 0.25) is 0 Å². The van der Waals surface area contributed by atoms with E-state index in [0.29, 0.717) is 39.1 Å².